The molecule has 0 aromatic carbocycles. The van der Waals surface area contributed by atoms with Crippen LogP contribution in [-0.2, 0) is 16.1 Å². The van der Waals surface area contributed by atoms with Crippen molar-refractivity contribution in [1.29, 1.82) is 0 Å². The molecule has 1 N–H and O–H groups in total. The average Bonchev–Trinajstić information content (AvgIpc) is 3.24. The lowest BCUT2D eigenvalue weighted by Crippen LogP contribution is -2.23. The number of carbonyl (C=O) groups is 1. The highest BCUT2D eigenvalue weighted by atomic mass is 16.5. The Balaban J connectivity index is 1.48. The summed E-state index contributed by atoms with van der Waals surface area (Å²) >= 11 is 0. The van der Waals surface area contributed by atoms with Crippen LogP contribution in [0, 0.1) is 5.92 Å². The number of pyridine rings is 1. The van der Waals surface area contributed by atoms with Gasteiger partial charge < -0.3 is 10.1 Å². The predicted octanol–water partition coefficient (Wildman–Crippen LogP) is 1.70. The second-order valence-corrected chi connectivity index (χ2v) is 5.52. The summed E-state index contributed by atoms with van der Waals surface area (Å²) in [7, 11) is 0. The van der Waals surface area contributed by atoms with Gasteiger partial charge in [-0.1, -0.05) is 0 Å². The van der Waals surface area contributed by atoms with Gasteiger partial charge in [0.05, 0.1) is 0 Å². The van der Waals surface area contributed by atoms with Crippen LogP contribution in [0.5, 0.6) is 0 Å². The predicted molar refractivity (Wildman–Crippen MR) is 81.4 cm³/mol. The highest BCUT2D eigenvalue weighted by Crippen LogP contribution is 2.17. The van der Waals surface area contributed by atoms with Crippen molar-refractivity contribution in [2.45, 2.75) is 25.8 Å². The highest BCUT2D eigenvalue weighted by molar-refractivity contribution is 5.75. The van der Waals surface area contributed by atoms with Crippen LogP contribution in [0.15, 0.2) is 36.8 Å². The van der Waals surface area contributed by atoms with Gasteiger partial charge in [0.25, 0.3) is 0 Å². The number of nitrogens with one attached hydrogen (secondary N) is 1. The van der Waals surface area contributed by atoms with E-state index in [1.807, 2.05) is 24.4 Å². The van der Waals surface area contributed by atoms with Gasteiger partial charge in [-0.05, 0) is 42.5 Å². The van der Waals surface area contributed by atoms with Gasteiger partial charge in [0.1, 0.15) is 0 Å². The molecule has 0 spiro atoms. The summed E-state index contributed by atoms with van der Waals surface area (Å²) in [6.07, 6.45) is 7.82. The summed E-state index contributed by atoms with van der Waals surface area (Å²) in [4.78, 5) is 16.2. The molecule has 2 aromatic heterocycles. The maximum Gasteiger partial charge on any atom is 0.220 e. The van der Waals surface area contributed by atoms with E-state index in [1.54, 1.807) is 17.1 Å². The summed E-state index contributed by atoms with van der Waals surface area (Å²) in [5, 5.41) is 7.11. The first-order chi connectivity index (χ1) is 10.8. The Morgan fingerprint density at radius 2 is 2.41 bits per heavy atom. The molecular formula is C16H20N4O2. The largest absolute Gasteiger partial charge is 0.381 e. The monoisotopic (exact) mass is 300 g/mol. The third-order valence-corrected chi connectivity index (χ3v) is 3.84. The van der Waals surface area contributed by atoms with E-state index in [4.69, 9.17) is 4.74 Å². The lowest BCUT2D eigenvalue weighted by Gasteiger charge is -2.09. The second-order valence-electron chi connectivity index (χ2n) is 5.52. The highest BCUT2D eigenvalue weighted by Gasteiger charge is 2.16. The summed E-state index contributed by atoms with van der Waals surface area (Å²) in [5.41, 5.74) is 1.01. The maximum atomic E-state index is 11.9. The Morgan fingerprint density at radius 1 is 1.45 bits per heavy atom. The summed E-state index contributed by atoms with van der Waals surface area (Å²) < 4.78 is 7.02. The minimum atomic E-state index is 0.0874. The minimum Gasteiger partial charge on any atom is -0.381 e. The van der Waals surface area contributed by atoms with E-state index in [2.05, 4.69) is 15.4 Å². The quantitative estimate of drug-likeness (QED) is 0.881. The van der Waals surface area contributed by atoms with Crippen LogP contribution in [-0.4, -0.2) is 33.9 Å². The van der Waals surface area contributed by atoms with Crippen molar-refractivity contribution in [3.8, 4) is 5.82 Å². The molecule has 3 heterocycles. The Hall–Kier alpha value is -2.21. The van der Waals surface area contributed by atoms with Crippen LogP contribution in [0.25, 0.3) is 5.82 Å². The number of hydrogen-bond donors (Lipinski definition) is 1. The third-order valence-electron chi connectivity index (χ3n) is 3.84. The maximum absolute atomic E-state index is 11.9. The van der Waals surface area contributed by atoms with Crippen LogP contribution >= 0.6 is 0 Å². The molecule has 22 heavy (non-hydrogen) atoms. The van der Waals surface area contributed by atoms with Gasteiger partial charge in [0, 0.05) is 44.8 Å². The normalized spacial score (nSPS) is 17.5. The van der Waals surface area contributed by atoms with Crippen LogP contribution in [0.3, 0.4) is 0 Å². The first-order valence-corrected chi connectivity index (χ1v) is 7.60. The fourth-order valence-electron chi connectivity index (χ4n) is 2.54. The molecule has 1 amide bonds. The average molecular weight is 300 g/mol. The van der Waals surface area contributed by atoms with E-state index in [1.165, 1.54) is 0 Å². The topological polar surface area (TPSA) is 69.0 Å². The van der Waals surface area contributed by atoms with Gasteiger partial charge in [-0.2, -0.15) is 5.10 Å². The van der Waals surface area contributed by atoms with Crippen LogP contribution in [0.2, 0.25) is 0 Å². The number of aromatic nitrogens is 3. The number of nitrogens with zero attached hydrogens (tertiary/aromatic N) is 3. The third kappa shape index (κ3) is 3.92. The van der Waals surface area contributed by atoms with Crippen molar-refractivity contribution in [2.75, 3.05) is 13.2 Å². The molecule has 0 bridgehead atoms. The van der Waals surface area contributed by atoms with Crippen LogP contribution in [0.1, 0.15) is 24.8 Å². The van der Waals surface area contributed by atoms with E-state index in [0.717, 1.165) is 37.4 Å². The lowest BCUT2D eigenvalue weighted by molar-refractivity contribution is -0.121. The standard InChI is InChI=1S/C16H20N4O2/c21-16(3-2-13-5-9-22-12-13)18-11-14-4-7-17-15(10-14)20-8-1-6-19-20/h1,4,6-8,10,13H,2-3,5,9,11-12H2,(H,18,21). The minimum absolute atomic E-state index is 0.0874. The van der Waals surface area contributed by atoms with E-state index in [-0.39, 0.29) is 5.91 Å². The molecule has 0 aliphatic carbocycles. The van der Waals surface area contributed by atoms with Crippen molar-refractivity contribution in [3.05, 3.63) is 42.4 Å². The first kappa shape index (κ1) is 14.7. The van der Waals surface area contributed by atoms with Crippen molar-refractivity contribution in [3.63, 3.8) is 0 Å². The molecule has 1 fully saturated rings. The number of carbonyl (C=O) groups excluding carboxylic acids is 1. The summed E-state index contributed by atoms with van der Waals surface area (Å²) in [5.74, 6) is 1.38. The van der Waals surface area contributed by atoms with E-state index < -0.39 is 0 Å². The zero-order valence-corrected chi connectivity index (χ0v) is 12.4. The lowest BCUT2D eigenvalue weighted by atomic mass is 10.0. The van der Waals surface area contributed by atoms with Crippen LogP contribution in [0.4, 0.5) is 0 Å². The molecule has 1 unspecified atom stereocenters. The molecule has 1 saturated heterocycles. The summed E-state index contributed by atoms with van der Waals surface area (Å²) in [6, 6.07) is 5.68. The molecular weight excluding hydrogens is 280 g/mol. The SMILES string of the molecule is O=C(CCC1CCOC1)NCc1ccnc(-n2cccn2)c1. The van der Waals surface area contributed by atoms with Crippen molar-refractivity contribution < 1.29 is 9.53 Å². The number of amides is 1. The Kier molecular flexibility index (Phi) is 4.80. The van der Waals surface area contributed by atoms with Gasteiger partial charge in [0.15, 0.2) is 5.82 Å². The zero-order valence-electron chi connectivity index (χ0n) is 12.4. The fourth-order valence-corrected chi connectivity index (χ4v) is 2.54. The number of hydrogen-bond acceptors (Lipinski definition) is 4. The molecule has 1 aliphatic heterocycles. The molecule has 6 heteroatoms. The number of rotatable bonds is 6. The molecule has 0 radical (unpaired) electrons. The molecule has 3 rings (SSSR count). The fraction of sp³-hybridized carbons (Fsp3) is 0.438. The molecule has 0 saturated carbocycles. The molecule has 1 aliphatic rings. The molecule has 2 aromatic rings. The Bertz CT molecular complexity index is 606. The number of ether oxygens (including phenoxy) is 1. The van der Waals surface area contributed by atoms with Gasteiger partial charge >= 0.3 is 0 Å². The van der Waals surface area contributed by atoms with Gasteiger partial charge in [-0.15, -0.1) is 0 Å². The van der Waals surface area contributed by atoms with Gasteiger partial charge in [-0.3, -0.25) is 4.79 Å². The van der Waals surface area contributed by atoms with E-state index in [0.29, 0.717) is 18.9 Å². The zero-order chi connectivity index (χ0) is 15.2. The Morgan fingerprint density at radius 3 is 3.18 bits per heavy atom. The van der Waals surface area contributed by atoms with Crippen LogP contribution < -0.4 is 5.32 Å². The molecule has 6 nitrogen and oxygen atoms in total. The second kappa shape index (κ2) is 7.17. The first-order valence-electron chi connectivity index (χ1n) is 7.60. The smallest absolute Gasteiger partial charge is 0.220 e. The van der Waals surface area contributed by atoms with Gasteiger partial charge in [-0.25, -0.2) is 9.67 Å². The molecule has 1 atom stereocenters. The van der Waals surface area contributed by atoms with E-state index in [9.17, 15) is 4.79 Å². The van der Waals surface area contributed by atoms with E-state index >= 15 is 0 Å². The van der Waals surface area contributed by atoms with Crippen molar-refractivity contribution in [1.82, 2.24) is 20.1 Å². The molecule has 116 valence electrons. The summed E-state index contributed by atoms with van der Waals surface area (Å²) in [6.45, 7) is 2.14. The van der Waals surface area contributed by atoms with Crippen molar-refractivity contribution >= 4 is 5.91 Å². The van der Waals surface area contributed by atoms with Crippen molar-refractivity contribution in [2.24, 2.45) is 5.92 Å². The Labute approximate surface area is 129 Å². The van der Waals surface area contributed by atoms with Gasteiger partial charge in [0.2, 0.25) is 5.91 Å².